The van der Waals surface area contributed by atoms with Crippen LogP contribution in [0.5, 0.6) is 0 Å². The fourth-order valence-corrected chi connectivity index (χ4v) is 4.12. The van der Waals surface area contributed by atoms with Crippen molar-refractivity contribution in [2.75, 3.05) is 20.1 Å². The lowest BCUT2D eigenvalue weighted by Gasteiger charge is -2.39. The zero-order valence-corrected chi connectivity index (χ0v) is 20.9. The fraction of sp³-hybridized carbons (Fsp3) is 0.455. The van der Waals surface area contributed by atoms with Crippen LogP contribution in [-0.4, -0.2) is 55.3 Å². The Morgan fingerprint density at radius 3 is 2.74 bits per heavy atom. The second-order valence-electron chi connectivity index (χ2n) is 8.05. The van der Waals surface area contributed by atoms with Crippen LogP contribution in [0.2, 0.25) is 0 Å². The van der Waals surface area contributed by atoms with E-state index in [-0.39, 0.29) is 24.0 Å². The number of aliphatic imine (C=N–C) groups is 1. The molecule has 0 aliphatic carbocycles. The second-order valence-corrected chi connectivity index (χ2v) is 8.05. The Labute approximate surface area is 200 Å². The first-order valence-electron chi connectivity index (χ1n) is 10.5. The number of nitrogens with zero attached hydrogens (tertiary/aromatic N) is 7. The molecule has 4 rings (SSSR count). The summed E-state index contributed by atoms with van der Waals surface area (Å²) in [6, 6.07) is 6.56. The van der Waals surface area contributed by atoms with Crippen molar-refractivity contribution in [3.05, 3.63) is 60.1 Å². The van der Waals surface area contributed by atoms with E-state index in [4.69, 9.17) is 0 Å². The predicted octanol–water partition coefficient (Wildman–Crippen LogP) is 3.36. The Morgan fingerprint density at radius 2 is 2.13 bits per heavy atom. The largest absolute Gasteiger partial charge is 0.352 e. The molecule has 9 heteroatoms. The average Bonchev–Trinajstić information content (AvgIpc) is 3.39. The molecule has 1 fully saturated rings. The number of hydrogen-bond acceptors (Lipinski definition) is 4. The maximum absolute atomic E-state index is 4.59. The van der Waals surface area contributed by atoms with E-state index in [1.54, 1.807) is 0 Å². The summed E-state index contributed by atoms with van der Waals surface area (Å²) in [7, 11) is 1.84. The zero-order valence-electron chi connectivity index (χ0n) is 18.6. The van der Waals surface area contributed by atoms with Crippen molar-refractivity contribution in [3.63, 3.8) is 0 Å². The zero-order chi connectivity index (χ0) is 21.1. The molecule has 31 heavy (non-hydrogen) atoms. The minimum absolute atomic E-state index is 0. The van der Waals surface area contributed by atoms with E-state index < -0.39 is 0 Å². The van der Waals surface area contributed by atoms with Gasteiger partial charge < -0.3 is 14.8 Å². The molecule has 1 N–H and O–H groups in total. The van der Waals surface area contributed by atoms with Crippen LogP contribution in [0, 0.1) is 19.8 Å². The molecule has 0 bridgehead atoms. The lowest BCUT2D eigenvalue weighted by Crippen LogP contribution is -2.48. The van der Waals surface area contributed by atoms with Crippen LogP contribution in [0.1, 0.15) is 36.3 Å². The summed E-state index contributed by atoms with van der Waals surface area (Å²) >= 11 is 0. The topological polar surface area (TPSA) is 76.2 Å². The molecule has 0 spiro atoms. The van der Waals surface area contributed by atoms with Crippen LogP contribution < -0.4 is 5.32 Å². The summed E-state index contributed by atoms with van der Waals surface area (Å²) in [5.74, 6) is 2.37. The summed E-state index contributed by atoms with van der Waals surface area (Å²) in [5.41, 5.74) is 3.18. The minimum atomic E-state index is 0. The van der Waals surface area contributed by atoms with Gasteiger partial charge in [-0.3, -0.25) is 4.99 Å². The first-order chi connectivity index (χ1) is 14.5. The van der Waals surface area contributed by atoms with Crippen LogP contribution in [-0.2, 0) is 6.54 Å². The SMILES string of the molecule is CN=C(NCc1ccc(-n2nc(C)cc2C)nc1)N1CCC(C)C(n2ccnc2)C1.I. The molecule has 0 aromatic carbocycles. The molecule has 2 unspecified atom stereocenters. The van der Waals surface area contributed by atoms with E-state index in [0.717, 1.165) is 48.2 Å². The summed E-state index contributed by atoms with van der Waals surface area (Å²) in [5, 5.41) is 8.00. The molecule has 1 aliphatic rings. The van der Waals surface area contributed by atoms with E-state index >= 15 is 0 Å². The molecule has 166 valence electrons. The number of guanidine groups is 1. The third-order valence-corrected chi connectivity index (χ3v) is 5.82. The molecule has 8 nitrogen and oxygen atoms in total. The Kier molecular flexibility index (Phi) is 7.69. The summed E-state index contributed by atoms with van der Waals surface area (Å²) in [4.78, 5) is 15.7. The lowest BCUT2D eigenvalue weighted by molar-refractivity contribution is 0.189. The number of aryl methyl sites for hydroxylation is 2. The van der Waals surface area contributed by atoms with Crippen LogP contribution in [0.4, 0.5) is 0 Å². The first-order valence-corrected chi connectivity index (χ1v) is 10.5. The monoisotopic (exact) mass is 534 g/mol. The van der Waals surface area contributed by atoms with Gasteiger partial charge in [-0.1, -0.05) is 13.0 Å². The van der Waals surface area contributed by atoms with Gasteiger partial charge in [-0.25, -0.2) is 14.6 Å². The van der Waals surface area contributed by atoms with Gasteiger partial charge in [0.25, 0.3) is 0 Å². The van der Waals surface area contributed by atoms with Gasteiger partial charge in [-0.05, 0) is 43.9 Å². The number of pyridine rings is 1. The van der Waals surface area contributed by atoms with Crippen molar-refractivity contribution in [2.45, 2.75) is 39.8 Å². The lowest BCUT2D eigenvalue weighted by atomic mass is 9.93. The van der Waals surface area contributed by atoms with Crippen molar-refractivity contribution in [1.29, 1.82) is 0 Å². The Bertz CT molecular complexity index is 993. The van der Waals surface area contributed by atoms with E-state index in [9.17, 15) is 0 Å². The summed E-state index contributed by atoms with van der Waals surface area (Å²) in [6.07, 6.45) is 8.84. The highest BCUT2D eigenvalue weighted by atomic mass is 127. The maximum Gasteiger partial charge on any atom is 0.193 e. The van der Waals surface area contributed by atoms with Gasteiger partial charge in [0.1, 0.15) is 0 Å². The number of imidazole rings is 1. The van der Waals surface area contributed by atoms with E-state index in [0.29, 0.717) is 18.5 Å². The van der Waals surface area contributed by atoms with Crippen molar-refractivity contribution in [1.82, 2.24) is 34.5 Å². The van der Waals surface area contributed by atoms with Crippen molar-refractivity contribution < 1.29 is 0 Å². The number of hydrogen-bond donors (Lipinski definition) is 1. The molecule has 0 radical (unpaired) electrons. The number of rotatable bonds is 4. The molecule has 0 amide bonds. The number of piperidine rings is 1. The van der Waals surface area contributed by atoms with Gasteiger partial charge in [0.15, 0.2) is 11.8 Å². The number of likely N-dealkylation sites (tertiary alicyclic amines) is 1. The molecule has 0 saturated carbocycles. The quantitative estimate of drug-likeness (QED) is 0.316. The van der Waals surface area contributed by atoms with Crippen LogP contribution in [0.15, 0.2) is 48.1 Å². The maximum atomic E-state index is 4.59. The van der Waals surface area contributed by atoms with Gasteiger partial charge in [0, 0.05) is 51.0 Å². The smallest absolute Gasteiger partial charge is 0.193 e. The summed E-state index contributed by atoms with van der Waals surface area (Å²) in [6.45, 7) is 8.95. The molecular weight excluding hydrogens is 503 g/mol. The predicted molar refractivity (Wildman–Crippen MR) is 133 cm³/mol. The molecule has 3 aromatic heterocycles. The third-order valence-electron chi connectivity index (χ3n) is 5.82. The van der Waals surface area contributed by atoms with Gasteiger partial charge in [0.05, 0.1) is 18.1 Å². The number of aromatic nitrogens is 5. The van der Waals surface area contributed by atoms with E-state index in [2.05, 4.69) is 60.1 Å². The molecule has 1 saturated heterocycles. The molecular formula is C22H31IN8. The van der Waals surface area contributed by atoms with Crippen LogP contribution in [0.3, 0.4) is 0 Å². The second kappa shape index (κ2) is 10.3. The molecule has 4 heterocycles. The number of nitrogens with one attached hydrogen (secondary N) is 1. The number of halogens is 1. The fourth-order valence-electron chi connectivity index (χ4n) is 4.12. The Morgan fingerprint density at radius 1 is 1.29 bits per heavy atom. The highest BCUT2D eigenvalue weighted by molar-refractivity contribution is 14.0. The van der Waals surface area contributed by atoms with E-state index in [1.807, 2.05) is 50.4 Å². The molecule has 1 aliphatic heterocycles. The summed E-state index contributed by atoms with van der Waals surface area (Å²) < 4.78 is 4.09. The van der Waals surface area contributed by atoms with Crippen LogP contribution >= 0.6 is 24.0 Å². The van der Waals surface area contributed by atoms with Crippen LogP contribution in [0.25, 0.3) is 5.82 Å². The van der Waals surface area contributed by atoms with Gasteiger partial charge >= 0.3 is 0 Å². The minimum Gasteiger partial charge on any atom is -0.352 e. The Balaban J connectivity index is 0.00000272. The highest BCUT2D eigenvalue weighted by Gasteiger charge is 2.28. The third kappa shape index (κ3) is 5.25. The molecule has 3 aromatic rings. The first kappa shape index (κ1) is 23.2. The van der Waals surface area contributed by atoms with Crippen molar-refractivity contribution in [3.8, 4) is 5.82 Å². The standard InChI is InChI=1S/C22H30N8.HI/c1-16-7-9-28(14-20(16)29-10-8-24-15-29)22(23-4)26-13-19-5-6-21(25-12-19)30-18(3)11-17(2)27-30;/h5-6,8,10-12,15-16,20H,7,9,13-14H2,1-4H3,(H,23,26);1H. The van der Waals surface area contributed by atoms with Gasteiger partial charge in [-0.2, -0.15) is 5.10 Å². The normalized spacial score (nSPS) is 19.2. The van der Waals surface area contributed by atoms with Gasteiger partial charge in [-0.15, -0.1) is 24.0 Å². The van der Waals surface area contributed by atoms with E-state index in [1.165, 1.54) is 0 Å². The van der Waals surface area contributed by atoms with Crippen molar-refractivity contribution >= 4 is 29.9 Å². The van der Waals surface area contributed by atoms with Gasteiger partial charge in [0.2, 0.25) is 0 Å². The average molecular weight is 534 g/mol. The Hall–Kier alpha value is -2.43. The highest BCUT2D eigenvalue weighted by Crippen LogP contribution is 2.27. The molecule has 2 atom stereocenters. The van der Waals surface area contributed by atoms with Crippen molar-refractivity contribution in [2.24, 2.45) is 10.9 Å².